The molecule has 0 spiro atoms. The minimum absolute atomic E-state index is 0.0679. The van der Waals surface area contributed by atoms with E-state index < -0.39 is 0 Å². The molecule has 2 aromatic rings. The van der Waals surface area contributed by atoms with E-state index >= 15 is 0 Å². The monoisotopic (exact) mass is 176 g/mol. The predicted octanol–water partition coefficient (Wildman–Crippen LogP) is 1.42. The Hall–Kier alpha value is -1.45. The van der Waals surface area contributed by atoms with Crippen LogP contribution in [0.5, 0.6) is 0 Å². The summed E-state index contributed by atoms with van der Waals surface area (Å²) in [6, 6.07) is 3.92. The van der Waals surface area contributed by atoms with Crippen LogP contribution in [0.1, 0.15) is 26.5 Å². The van der Waals surface area contributed by atoms with E-state index in [0.717, 1.165) is 11.3 Å². The Balaban J connectivity index is 2.61. The van der Waals surface area contributed by atoms with Crippen molar-refractivity contribution in [3.63, 3.8) is 0 Å². The number of aromatic nitrogens is 4. The van der Waals surface area contributed by atoms with Crippen LogP contribution in [0.3, 0.4) is 0 Å². The predicted molar refractivity (Wildman–Crippen MR) is 49.5 cm³/mol. The summed E-state index contributed by atoms with van der Waals surface area (Å²) in [5.74, 6) is 0. The Bertz CT molecular complexity index is 424. The first-order valence-corrected chi connectivity index (χ1v) is 4.25. The molecule has 0 saturated heterocycles. The van der Waals surface area contributed by atoms with Crippen molar-refractivity contribution in [2.75, 3.05) is 0 Å². The second kappa shape index (κ2) is 2.52. The number of fused-ring (bicyclic) bond motifs is 1. The molecule has 0 bridgehead atoms. The fraction of sp³-hybridized carbons (Fsp3) is 0.444. The molecular formula is C9H12N4. The van der Waals surface area contributed by atoms with E-state index in [0.29, 0.717) is 0 Å². The van der Waals surface area contributed by atoms with Gasteiger partial charge in [0.15, 0.2) is 5.65 Å². The molecule has 0 fully saturated rings. The molecule has 13 heavy (non-hydrogen) atoms. The van der Waals surface area contributed by atoms with Gasteiger partial charge in [-0.25, -0.2) is 4.52 Å². The third kappa shape index (κ3) is 1.39. The highest BCUT2D eigenvalue weighted by Gasteiger charge is 2.15. The SMILES string of the molecule is CC(C)(C)c1ccc2nncn2n1. The zero-order chi connectivity index (χ0) is 9.47. The fourth-order valence-corrected chi connectivity index (χ4v) is 1.13. The normalized spacial score (nSPS) is 12.2. The molecular weight excluding hydrogens is 164 g/mol. The van der Waals surface area contributed by atoms with Gasteiger partial charge in [0.25, 0.3) is 0 Å². The molecule has 0 amide bonds. The minimum atomic E-state index is 0.0679. The molecule has 0 saturated carbocycles. The topological polar surface area (TPSA) is 43.1 Å². The first kappa shape index (κ1) is 8.16. The average Bonchev–Trinajstić information content (AvgIpc) is 2.47. The van der Waals surface area contributed by atoms with E-state index in [9.17, 15) is 0 Å². The van der Waals surface area contributed by atoms with E-state index in [1.165, 1.54) is 0 Å². The van der Waals surface area contributed by atoms with Crippen molar-refractivity contribution < 1.29 is 0 Å². The number of hydrogen-bond donors (Lipinski definition) is 0. The maximum Gasteiger partial charge on any atom is 0.177 e. The first-order valence-electron chi connectivity index (χ1n) is 4.25. The third-order valence-corrected chi connectivity index (χ3v) is 1.93. The van der Waals surface area contributed by atoms with Crippen molar-refractivity contribution in [2.24, 2.45) is 0 Å². The number of rotatable bonds is 0. The van der Waals surface area contributed by atoms with Crippen LogP contribution in [0.4, 0.5) is 0 Å². The first-order chi connectivity index (χ1) is 6.07. The van der Waals surface area contributed by atoms with Gasteiger partial charge in [-0.3, -0.25) is 0 Å². The summed E-state index contributed by atoms with van der Waals surface area (Å²) >= 11 is 0. The lowest BCUT2D eigenvalue weighted by Crippen LogP contribution is -2.15. The van der Waals surface area contributed by atoms with E-state index in [-0.39, 0.29) is 5.41 Å². The molecule has 4 nitrogen and oxygen atoms in total. The van der Waals surface area contributed by atoms with Crippen molar-refractivity contribution in [3.8, 4) is 0 Å². The van der Waals surface area contributed by atoms with Crippen LogP contribution in [-0.4, -0.2) is 19.8 Å². The summed E-state index contributed by atoms with van der Waals surface area (Å²) in [6.07, 6.45) is 1.62. The van der Waals surface area contributed by atoms with E-state index in [1.807, 2.05) is 12.1 Å². The van der Waals surface area contributed by atoms with Gasteiger partial charge in [0.2, 0.25) is 0 Å². The Labute approximate surface area is 76.6 Å². The maximum absolute atomic E-state index is 4.40. The minimum Gasteiger partial charge on any atom is -0.200 e. The van der Waals surface area contributed by atoms with Crippen molar-refractivity contribution in [1.82, 2.24) is 19.8 Å². The number of nitrogens with zero attached hydrogens (tertiary/aromatic N) is 4. The molecule has 0 atom stereocenters. The Kier molecular flexibility index (Phi) is 1.58. The Morgan fingerprint density at radius 2 is 2.00 bits per heavy atom. The molecule has 0 aliphatic carbocycles. The van der Waals surface area contributed by atoms with E-state index in [2.05, 4.69) is 36.1 Å². The Morgan fingerprint density at radius 3 is 2.69 bits per heavy atom. The molecule has 2 heterocycles. The molecule has 68 valence electrons. The van der Waals surface area contributed by atoms with E-state index in [1.54, 1.807) is 10.8 Å². The molecule has 0 aromatic carbocycles. The smallest absolute Gasteiger partial charge is 0.177 e. The molecule has 0 aliphatic heterocycles. The summed E-state index contributed by atoms with van der Waals surface area (Å²) in [5.41, 5.74) is 1.89. The maximum atomic E-state index is 4.40. The fourth-order valence-electron chi connectivity index (χ4n) is 1.13. The lowest BCUT2D eigenvalue weighted by Gasteiger charge is -2.16. The number of hydrogen-bond acceptors (Lipinski definition) is 3. The van der Waals surface area contributed by atoms with Crippen molar-refractivity contribution in [1.29, 1.82) is 0 Å². The van der Waals surface area contributed by atoms with Gasteiger partial charge in [-0.15, -0.1) is 10.2 Å². The zero-order valence-electron chi connectivity index (χ0n) is 8.02. The molecule has 2 rings (SSSR count). The largest absolute Gasteiger partial charge is 0.200 e. The van der Waals surface area contributed by atoms with Crippen LogP contribution in [0.15, 0.2) is 18.5 Å². The van der Waals surface area contributed by atoms with Gasteiger partial charge in [-0.2, -0.15) is 5.10 Å². The third-order valence-electron chi connectivity index (χ3n) is 1.93. The zero-order valence-corrected chi connectivity index (χ0v) is 8.02. The van der Waals surface area contributed by atoms with Crippen LogP contribution in [-0.2, 0) is 5.41 Å². The van der Waals surface area contributed by atoms with Gasteiger partial charge in [0.1, 0.15) is 6.33 Å². The van der Waals surface area contributed by atoms with Crippen LogP contribution in [0.2, 0.25) is 0 Å². The summed E-state index contributed by atoms with van der Waals surface area (Å²) in [5, 5.41) is 12.1. The molecule has 2 aromatic heterocycles. The quantitative estimate of drug-likeness (QED) is 0.609. The van der Waals surface area contributed by atoms with Gasteiger partial charge in [0.05, 0.1) is 5.69 Å². The second-order valence-corrected chi connectivity index (χ2v) is 4.10. The van der Waals surface area contributed by atoms with Crippen LogP contribution < -0.4 is 0 Å². The van der Waals surface area contributed by atoms with Crippen molar-refractivity contribution >= 4 is 5.65 Å². The summed E-state index contributed by atoms with van der Waals surface area (Å²) in [7, 11) is 0. The van der Waals surface area contributed by atoms with Crippen LogP contribution >= 0.6 is 0 Å². The van der Waals surface area contributed by atoms with Gasteiger partial charge >= 0.3 is 0 Å². The lowest BCUT2D eigenvalue weighted by atomic mass is 9.92. The van der Waals surface area contributed by atoms with Crippen LogP contribution in [0, 0.1) is 0 Å². The summed E-state index contributed by atoms with van der Waals surface area (Å²) in [6.45, 7) is 6.39. The highest BCUT2D eigenvalue weighted by Crippen LogP contribution is 2.19. The van der Waals surface area contributed by atoms with Gasteiger partial charge in [0, 0.05) is 5.41 Å². The molecule has 0 aliphatic rings. The van der Waals surface area contributed by atoms with Gasteiger partial charge < -0.3 is 0 Å². The van der Waals surface area contributed by atoms with Crippen molar-refractivity contribution in [2.45, 2.75) is 26.2 Å². The second-order valence-electron chi connectivity index (χ2n) is 4.10. The standard InChI is InChI=1S/C9H12N4/c1-9(2,3)7-4-5-8-11-10-6-13(8)12-7/h4-6H,1-3H3. The van der Waals surface area contributed by atoms with E-state index in [4.69, 9.17) is 0 Å². The molecule has 0 N–H and O–H groups in total. The van der Waals surface area contributed by atoms with Crippen LogP contribution in [0.25, 0.3) is 5.65 Å². The molecule has 0 radical (unpaired) electrons. The van der Waals surface area contributed by atoms with Crippen molar-refractivity contribution in [3.05, 3.63) is 24.2 Å². The highest BCUT2D eigenvalue weighted by molar-refractivity contribution is 5.35. The van der Waals surface area contributed by atoms with Gasteiger partial charge in [-0.1, -0.05) is 20.8 Å². The summed E-state index contributed by atoms with van der Waals surface area (Å²) in [4.78, 5) is 0. The molecule has 0 unspecified atom stereocenters. The highest BCUT2D eigenvalue weighted by atomic mass is 15.3. The summed E-state index contributed by atoms with van der Waals surface area (Å²) < 4.78 is 1.70. The van der Waals surface area contributed by atoms with Gasteiger partial charge in [-0.05, 0) is 12.1 Å². The Morgan fingerprint density at radius 1 is 1.23 bits per heavy atom. The molecule has 4 heteroatoms. The average molecular weight is 176 g/mol. The lowest BCUT2D eigenvalue weighted by molar-refractivity contribution is 0.554.